The van der Waals surface area contributed by atoms with Gasteiger partial charge in [-0.15, -0.1) is 0 Å². The van der Waals surface area contributed by atoms with Crippen molar-refractivity contribution in [1.82, 2.24) is 9.80 Å². The minimum Gasteiger partial charge on any atom is -0.333 e. The van der Waals surface area contributed by atoms with Crippen LogP contribution in [0, 0.1) is 12.7 Å². The molecule has 1 amide bonds. The number of fused-ring (bicyclic) bond motifs is 2. The van der Waals surface area contributed by atoms with Crippen LogP contribution in [-0.4, -0.2) is 34.8 Å². The highest BCUT2D eigenvalue weighted by molar-refractivity contribution is 5.79. The highest BCUT2D eigenvalue weighted by Crippen LogP contribution is 2.41. The van der Waals surface area contributed by atoms with Crippen LogP contribution in [0.4, 0.5) is 4.39 Å². The van der Waals surface area contributed by atoms with Crippen LogP contribution >= 0.6 is 0 Å². The first-order valence-electron chi connectivity index (χ1n) is 14.0. The lowest BCUT2D eigenvalue weighted by Crippen LogP contribution is -2.48. The Kier molecular flexibility index (Phi) is 7.05. The molecule has 0 radical (unpaired) electrons. The molecule has 0 saturated carbocycles. The summed E-state index contributed by atoms with van der Waals surface area (Å²) in [7, 11) is 0. The SMILES string of the molecule is Cc1ccccc1C1c2ccccc2C(C)CN1CC(=O)N(Cc1ccccc1F)C1Cc2ccccc2C1. The maximum Gasteiger partial charge on any atom is 0.237 e. The Bertz CT molecular complexity index is 1470. The molecule has 39 heavy (non-hydrogen) atoms. The largest absolute Gasteiger partial charge is 0.333 e. The van der Waals surface area contributed by atoms with Gasteiger partial charge in [-0.1, -0.05) is 97.9 Å². The molecule has 1 heterocycles. The molecule has 1 aliphatic heterocycles. The standard InChI is InChI=1S/C35H35FN2O/c1-24-11-3-7-16-31(24)35-32-17-9-8-15-30(32)25(2)21-37(35)23-34(39)38(22-28-14-6-10-18-33(28)36)29-19-26-12-4-5-13-27(26)20-29/h3-18,25,29,35H,19-23H2,1-2H3. The topological polar surface area (TPSA) is 23.6 Å². The van der Waals surface area contributed by atoms with Crippen molar-refractivity contribution in [2.24, 2.45) is 0 Å². The van der Waals surface area contributed by atoms with E-state index in [1.165, 1.54) is 39.4 Å². The van der Waals surface area contributed by atoms with E-state index in [0.29, 0.717) is 18.0 Å². The zero-order valence-corrected chi connectivity index (χ0v) is 22.7. The lowest BCUT2D eigenvalue weighted by molar-refractivity contribution is -0.136. The van der Waals surface area contributed by atoms with Gasteiger partial charge in [0.1, 0.15) is 5.82 Å². The van der Waals surface area contributed by atoms with E-state index in [1.54, 1.807) is 12.1 Å². The average Bonchev–Trinajstić information content (AvgIpc) is 3.37. The number of nitrogens with zero attached hydrogens (tertiary/aromatic N) is 2. The van der Waals surface area contributed by atoms with Gasteiger partial charge in [-0.25, -0.2) is 4.39 Å². The third kappa shape index (κ3) is 5.02. The number of carbonyl (C=O) groups is 1. The molecule has 2 atom stereocenters. The number of carbonyl (C=O) groups excluding carboxylic acids is 1. The molecule has 0 spiro atoms. The van der Waals surface area contributed by atoms with Crippen molar-refractivity contribution in [2.75, 3.05) is 13.1 Å². The summed E-state index contributed by atoms with van der Waals surface area (Å²) >= 11 is 0. The zero-order chi connectivity index (χ0) is 26.9. The monoisotopic (exact) mass is 518 g/mol. The van der Waals surface area contributed by atoms with E-state index in [9.17, 15) is 9.18 Å². The van der Waals surface area contributed by atoms with E-state index in [-0.39, 0.29) is 30.4 Å². The first-order chi connectivity index (χ1) is 19.0. The molecule has 0 N–H and O–H groups in total. The first kappa shape index (κ1) is 25.5. The zero-order valence-electron chi connectivity index (χ0n) is 22.7. The van der Waals surface area contributed by atoms with E-state index >= 15 is 0 Å². The maximum atomic E-state index is 14.8. The van der Waals surface area contributed by atoms with Crippen molar-refractivity contribution in [1.29, 1.82) is 0 Å². The molecule has 0 fully saturated rings. The van der Waals surface area contributed by atoms with Crippen molar-refractivity contribution in [3.05, 3.63) is 142 Å². The average molecular weight is 519 g/mol. The lowest BCUT2D eigenvalue weighted by Gasteiger charge is -2.42. The molecule has 4 aromatic rings. The van der Waals surface area contributed by atoms with Crippen molar-refractivity contribution >= 4 is 5.91 Å². The van der Waals surface area contributed by atoms with Gasteiger partial charge < -0.3 is 4.90 Å². The summed E-state index contributed by atoms with van der Waals surface area (Å²) in [5.41, 5.74) is 8.21. The Labute approximate surface area is 230 Å². The number of amides is 1. The van der Waals surface area contributed by atoms with Gasteiger partial charge in [-0.2, -0.15) is 0 Å². The van der Waals surface area contributed by atoms with Crippen LogP contribution < -0.4 is 0 Å². The Morgan fingerprint density at radius 3 is 2.10 bits per heavy atom. The van der Waals surface area contributed by atoms with Crippen LogP contribution in [-0.2, 0) is 24.2 Å². The molecule has 0 aromatic heterocycles. The number of aryl methyl sites for hydroxylation is 1. The number of hydrogen-bond donors (Lipinski definition) is 0. The number of hydrogen-bond acceptors (Lipinski definition) is 2. The first-order valence-corrected chi connectivity index (χ1v) is 14.0. The molecule has 4 heteroatoms. The summed E-state index contributed by atoms with van der Waals surface area (Å²) < 4.78 is 14.8. The van der Waals surface area contributed by atoms with Crippen LogP contribution in [0.1, 0.15) is 57.8 Å². The summed E-state index contributed by atoms with van der Waals surface area (Å²) in [6.45, 7) is 5.75. The van der Waals surface area contributed by atoms with Gasteiger partial charge >= 0.3 is 0 Å². The second-order valence-electron chi connectivity index (χ2n) is 11.2. The minimum absolute atomic E-state index is 0.00126. The predicted octanol–water partition coefficient (Wildman–Crippen LogP) is 6.84. The number of halogens is 1. The van der Waals surface area contributed by atoms with Gasteiger partial charge in [0.25, 0.3) is 0 Å². The molecule has 0 saturated heterocycles. The lowest BCUT2D eigenvalue weighted by atomic mass is 9.82. The van der Waals surface area contributed by atoms with Crippen molar-refractivity contribution in [3.8, 4) is 0 Å². The molecule has 0 bridgehead atoms. The van der Waals surface area contributed by atoms with Crippen molar-refractivity contribution < 1.29 is 9.18 Å². The molecule has 6 rings (SSSR count). The van der Waals surface area contributed by atoms with Gasteiger partial charge in [0.2, 0.25) is 5.91 Å². The summed E-state index contributed by atoms with van der Waals surface area (Å²) in [5, 5.41) is 0. The van der Waals surface area contributed by atoms with Gasteiger partial charge in [0, 0.05) is 24.7 Å². The van der Waals surface area contributed by atoms with Crippen LogP contribution in [0.15, 0.2) is 97.1 Å². The molecular weight excluding hydrogens is 483 g/mol. The molecule has 1 aliphatic carbocycles. The Morgan fingerprint density at radius 1 is 0.821 bits per heavy atom. The highest BCUT2D eigenvalue weighted by Gasteiger charge is 2.37. The van der Waals surface area contributed by atoms with Crippen LogP contribution in [0.2, 0.25) is 0 Å². The molecule has 2 unspecified atom stereocenters. The molecular formula is C35H35FN2O. The quantitative estimate of drug-likeness (QED) is 0.279. The van der Waals surface area contributed by atoms with E-state index in [2.05, 4.69) is 91.5 Å². The number of rotatable bonds is 6. The molecule has 4 aromatic carbocycles. The Hall–Kier alpha value is -3.76. The van der Waals surface area contributed by atoms with Crippen molar-refractivity contribution in [2.45, 2.75) is 51.2 Å². The van der Waals surface area contributed by atoms with Crippen LogP contribution in [0.25, 0.3) is 0 Å². The van der Waals surface area contributed by atoms with Crippen molar-refractivity contribution in [3.63, 3.8) is 0 Å². The second-order valence-corrected chi connectivity index (χ2v) is 11.2. The fourth-order valence-electron chi connectivity index (χ4n) is 6.63. The van der Waals surface area contributed by atoms with E-state index in [0.717, 1.165) is 19.4 Å². The second kappa shape index (κ2) is 10.8. The third-order valence-corrected chi connectivity index (χ3v) is 8.61. The van der Waals surface area contributed by atoms with Gasteiger partial charge in [0.05, 0.1) is 12.6 Å². The minimum atomic E-state index is -0.260. The Balaban J connectivity index is 1.34. The summed E-state index contributed by atoms with van der Waals surface area (Å²) in [6, 6.07) is 32.4. The fraction of sp³-hybridized carbons (Fsp3) is 0.286. The number of benzene rings is 4. The van der Waals surface area contributed by atoms with Gasteiger partial charge in [-0.05, 0) is 65.1 Å². The fourth-order valence-corrected chi connectivity index (χ4v) is 6.63. The van der Waals surface area contributed by atoms with E-state index in [4.69, 9.17) is 0 Å². The summed E-state index contributed by atoms with van der Waals surface area (Å²) in [6.07, 6.45) is 1.60. The molecule has 2 aliphatic rings. The van der Waals surface area contributed by atoms with Crippen LogP contribution in [0.3, 0.4) is 0 Å². The smallest absolute Gasteiger partial charge is 0.237 e. The summed E-state index contributed by atoms with van der Waals surface area (Å²) in [5.74, 6) is 0.107. The summed E-state index contributed by atoms with van der Waals surface area (Å²) in [4.78, 5) is 18.6. The maximum absolute atomic E-state index is 14.8. The predicted molar refractivity (Wildman–Crippen MR) is 154 cm³/mol. The molecule has 3 nitrogen and oxygen atoms in total. The normalized spacial score (nSPS) is 18.9. The van der Waals surface area contributed by atoms with Gasteiger partial charge in [-0.3, -0.25) is 9.69 Å². The Morgan fingerprint density at radius 2 is 1.41 bits per heavy atom. The van der Waals surface area contributed by atoms with Crippen LogP contribution in [0.5, 0.6) is 0 Å². The van der Waals surface area contributed by atoms with Gasteiger partial charge in [0.15, 0.2) is 0 Å². The van der Waals surface area contributed by atoms with E-state index < -0.39 is 0 Å². The third-order valence-electron chi connectivity index (χ3n) is 8.61. The highest BCUT2D eigenvalue weighted by atomic mass is 19.1. The van der Waals surface area contributed by atoms with E-state index in [1.807, 2.05) is 11.0 Å². The molecule has 198 valence electrons.